The van der Waals surface area contributed by atoms with Gasteiger partial charge in [-0.3, -0.25) is 4.79 Å². The van der Waals surface area contributed by atoms with Crippen LogP contribution in [0.5, 0.6) is 0 Å². The van der Waals surface area contributed by atoms with Gasteiger partial charge in [-0.05, 0) is 29.8 Å². The number of benzene rings is 2. The Morgan fingerprint density at radius 1 is 1.04 bits per heavy atom. The number of aromatic carboxylic acids is 1. The number of carbonyl (C=O) groups is 2. The zero-order valence-electron chi connectivity index (χ0n) is 12.0. The van der Waals surface area contributed by atoms with E-state index in [1.54, 1.807) is 0 Å². The van der Waals surface area contributed by atoms with E-state index in [1.807, 2.05) is 5.43 Å². The largest absolute Gasteiger partial charge is 0.478 e. The molecule has 5 nitrogen and oxygen atoms in total. The molecule has 2 rings (SSSR count). The van der Waals surface area contributed by atoms with Crippen molar-refractivity contribution in [1.82, 2.24) is 5.43 Å². The number of carboxylic acid groups (broad SMARTS) is 1. The molecule has 2 N–H and O–H groups in total. The molecule has 24 heavy (non-hydrogen) atoms. The standard InChI is InChI=1S/C16H11F3N2O3/c17-16(18,19)13-4-2-1-3-12(13)14(22)21-20-9-10-5-7-11(8-6-10)15(23)24/h1-9H,(H,21,22)(H,23,24)/b20-9+. The van der Waals surface area contributed by atoms with Gasteiger partial charge in [-0.25, -0.2) is 10.2 Å². The molecule has 124 valence electrons. The van der Waals surface area contributed by atoms with Gasteiger partial charge < -0.3 is 5.11 Å². The number of halogens is 3. The van der Waals surface area contributed by atoms with Crippen molar-refractivity contribution < 1.29 is 27.9 Å². The molecule has 0 radical (unpaired) electrons. The number of hydrogen-bond acceptors (Lipinski definition) is 3. The fourth-order valence-electron chi connectivity index (χ4n) is 1.87. The van der Waals surface area contributed by atoms with Crippen LogP contribution >= 0.6 is 0 Å². The minimum absolute atomic E-state index is 0.0790. The summed E-state index contributed by atoms with van der Waals surface area (Å²) in [4.78, 5) is 22.5. The molecule has 1 amide bonds. The summed E-state index contributed by atoms with van der Waals surface area (Å²) < 4.78 is 38.5. The van der Waals surface area contributed by atoms with Gasteiger partial charge in [-0.15, -0.1) is 0 Å². The van der Waals surface area contributed by atoms with E-state index in [2.05, 4.69) is 5.10 Å². The van der Waals surface area contributed by atoms with E-state index in [0.29, 0.717) is 5.56 Å². The van der Waals surface area contributed by atoms with E-state index in [0.717, 1.165) is 12.1 Å². The molecule has 0 unspecified atom stereocenters. The lowest BCUT2D eigenvalue weighted by atomic mass is 10.1. The van der Waals surface area contributed by atoms with Gasteiger partial charge in [0.05, 0.1) is 22.9 Å². The van der Waals surface area contributed by atoms with E-state index in [9.17, 15) is 22.8 Å². The number of rotatable bonds is 4. The van der Waals surface area contributed by atoms with Crippen LogP contribution in [-0.2, 0) is 6.18 Å². The van der Waals surface area contributed by atoms with Gasteiger partial charge in [0.15, 0.2) is 0 Å². The zero-order chi connectivity index (χ0) is 17.7. The van der Waals surface area contributed by atoms with Crippen molar-refractivity contribution in [2.75, 3.05) is 0 Å². The maximum atomic E-state index is 12.8. The highest BCUT2D eigenvalue weighted by molar-refractivity contribution is 5.96. The fraction of sp³-hybridized carbons (Fsp3) is 0.0625. The molecule has 8 heteroatoms. The maximum Gasteiger partial charge on any atom is 0.417 e. The average Bonchev–Trinajstić information content (AvgIpc) is 2.54. The Kier molecular flexibility index (Phi) is 4.98. The monoisotopic (exact) mass is 336 g/mol. The predicted octanol–water partition coefficient (Wildman–Crippen LogP) is 3.17. The fourth-order valence-corrected chi connectivity index (χ4v) is 1.87. The number of nitrogens with zero attached hydrogens (tertiary/aromatic N) is 1. The van der Waals surface area contributed by atoms with Crippen molar-refractivity contribution in [3.05, 3.63) is 70.8 Å². The van der Waals surface area contributed by atoms with Crippen molar-refractivity contribution >= 4 is 18.1 Å². The molecule has 0 heterocycles. The SMILES string of the molecule is O=C(O)c1ccc(/C=N/NC(=O)c2ccccc2C(F)(F)F)cc1. The molecule has 0 aliphatic heterocycles. The molecule has 0 spiro atoms. The first-order valence-electron chi connectivity index (χ1n) is 6.62. The first kappa shape index (κ1) is 17.2. The third kappa shape index (κ3) is 4.19. The summed E-state index contributed by atoms with van der Waals surface area (Å²) >= 11 is 0. The Labute approximate surface area is 134 Å². The van der Waals surface area contributed by atoms with Gasteiger partial charge in [0, 0.05) is 0 Å². The summed E-state index contributed by atoms with van der Waals surface area (Å²) in [5.74, 6) is -2.09. The van der Waals surface area contributed by atoms with Crippen molar-refractivity contribution in [2.45, 2.75) is 6.18 Å². The predicted molar refractivity (Wildman–Crippen MR) is 79.9 cm³/mol. The molecule has 0 aliphatic carbocycles. The second-order valence-corrected chi connectivity index (χ2v) is 4.67. The first-order valence-corrected chi connectivity index (χ1v) is 6.62. The second kappa shape index (κ2) is 6.95. The van der Waals surface area contributed by atoms with Crippen LogP contribution in [-0.4, -0.2) is 23.2 Å². The lowest BCUT2D eigenvalue weighted by Gasteiger charge is -2.10. The smallest absolute Gasteiger partial charge is 0.417 e. The van der Waals surface area contributed by atoms with E-state index >= 15 is 0 Å². The minimum atomic E-state index is -4.65. The maximum absolute atomic E-state index is 12.8. The molecule has 0 saturated carbocycles. The first-order chi connectivity index (χ1) is 11.3. The molecular weight excluding hydrogens is 325 g/mol. The van der Waals surface area contributed by atoms with E-state index in [4.69, 9.17) is 5.11 Å². The van der Waals surface area contributed by atoms with Crippen LogP contribution in [0.4, 0.5) is 13.2 Å². The zero-order valence-corrected chi connectivity index (χ0v) is 12.0. The molecular formula is C16H11F3N2O3. The molecule has 0 aliphatic rings. The van der Waals surface area contributed by atoms with Crippen molar-refractivity contribution in [3.63, 3.8) is 0 Å². The van der Waals surface area contributed by atoms with Crippen LogP contribution in [0, 0.1) is 0 Å². The van der Waals surface area contributed by atoms with Gasteiger partial charge in [0.1, 0.15) is 0 Å². The summed E-state index contributed by atoms with van der Waals surface area (Å²) in [5.41, 5.74) is 0.976. The normalized spacial score (nSPS) is 11.5. The minimum Gasteiger partial charge on any atom is -0.478 e. The lowest BCUT2D eigenvalue weighted by Crippen LogP contribution is -2.22. The summed E-state index contributed by atoms with van der Waals surface area (Å²) in [6.07, 6.45) is -3.45. The molecule has 2 aromatic rings. The van der Waals surface area contributed by atoms with E-state index in [1.165, 1.54) is 42.6 Å². The molecule has 0 atom stereocenters. The number of nitrogens with one attached hydrogen (secondary N) is 1. The quantitative estimate of drug-likeness (QED) is 0.665. The number of hydrazone groups is 1. The number of carboxylic acids is 1. The number of alkyl halides is 3. The van der Waals surface area contributed by atoms with Crippen molar-refractivity contribution in [3.8, 4) is 0 Å². The molecule has 2 aromatic carbocycles. The summed E-state index contributed by atoms with van der Waals surface area (Å²) in [6.45, 7) is 0. The molecule has 0 fully saturated rings. The van der Waals surface area contributed by atoms with Crippen LogP contribution in [0.3, 0.4) is 0 Å². The van der Waals surface area contributed by atoms with Crippen LogP contribution in [0.15, 0.2) is 53.6 Å². The van der Waals surface area contributed by atoms with Crippen LogP contribution in [0.1, 0.15) is 31.8 Å². The Balaban J connectivity index is 2.10. The molecule has 0 bridgehead atoms. The van der Waals surface area contributed by atoms with Crippen LogP contribution < -0.4 is 5.43 Å². The lowest BCUT2D eigenvalue weighted by molar-refractivity contribution is -0.137. The number of amides is 1. The topological polar surface area (TPSA) is 78.8 Å². The van der Waals surface area contributed by atoms with Crippen LogP contribution in [0.2, 0.25) is 0 Å². The summed E-state index contributed by atoms with van der Waals surface area (Å²) in [6, 6.07) is 9.93. The highest BCUT2D eigenvalue weighted by atomic mass is 19.4. The average molecular weight is 336 g/mol. The number of hydrogen-bond donors (Lipinski definition) is 2. The van der Waals surface area contributed by atoms with E-state index < -0.39 is 29.2 Å². The second-order valence-electron chi connectivity index (χ2n) is 4.67. The Morgan fingerprint density at radius 3 is 2.25 bits per heavy atom. The van der Waals surface area contributed by atoms with Gasteiger partial charge in [-0.1, -0.05) is 24.3 Å². The Bertz CT molecular complexity index is 784. The van der Waals surface area contributed by atoms with Crippen LogP contribution in [0.25, 0.3) is 0 Å². The molecule has 0 aromatic heterocycles. The van der Waals surface area contributed by atoms with Gasteiger partial charge >= 0.3 is 12.1 Å². The third-order valence-electron chi connectivity index (χ3n) is 3.01. The highest BCUT2D eigenvalue weighted by Gasteiger charge is 2.34. The molecule has 0 saturated heterocycles. The van der Waals surface area contributed by atoms with Gasteiger partial charge in [0.25, 0.3) is 5.91 Å². The highest BCUT2D eigenvalue weighted by Crippen LogP contribution is 2.31. The van der Waals surface area contributed by atoms with Gasteiger partial charge in [0.2, 0.25) is 0 Å². The van der Waals surface area contributed by atoms with E-state index in [-0.39, 0.29) is 5.56 Å². The summed E-state index contributed by atoms with van der Waals surface area (Å²) in [7, 11) is 0. The third-order valence-corrected chi connectivity index (χ3v) is 3.01. The number of carbonyl (C=O) groups excluding carboxylic acids is 1. The van der Waals surface area contributed by atoms with Crippen molar-refractivity contribution in [2.24, 2.45) is 5.10 Å². The Hall–Kier alpha value is -3.16. The van der Waals surface area contributed by atoms with Gasteiger partial charge in [-0.2, -0.15) is 18.3 Å². The Morgan fingerprint density at radius 2 is 1.67 bits per heavy atom. The summed E-state index contributed by atoms with van der Waals surface area (Å²) in [5, 5.41) is 12.3. The van der Waals surface area contributed by atoms with Crippen molar-refractivity contribution in [1.29, 1.82) is 0 Å².